The molecule has 15 heavy (non-hydrogen) atoms. The third kappa shape index (κ3) is 2.99. The lowest BCUT2D eigenvalue weighted by Crippen LogP contribution is -1.94. The molecule has 0 spiro atoms. The van der Waals surface area contributed by atoms with Crippen molar-refractivity contribution in [3.05, 3.63) is 29.1 Å². The van der Waals surface area contributed by atoms with Gasteiger partial charge in [0.25, 0.3) is 0 Å². The number of nitrogens with two attached hydrogens (primary N) is 1. The molecule has 1 aromatic carbocycles. The van der Waals surface area contributed by atoms with Gasteiger partial charge in [-0.1, -0.05) is 11.8 Å². The predicted molar refractivity (Wildman–Crippen MR) is 54.7 cm³/mol. The predicted octanol–water partition coefficient (Wildman–Crippen LogP) is 1.54. The largest absolute Gasteiger partial charge is 0.481 e. The molecular weight excluding hydrogens is 197 g/mol. The van der Waals surface area contributed by atoms with Crippen LogP contribution in [0.3, 0.4) is 0 Å². The lowest BCUT2D eigenvalue weighted by molar-refractivity contribution is -0.135. The molecule has 0 fully saturated rings. The van der Waals surface area contributed by atoms with E-state index in [1.165, 1.54) is 12.1 Å². The number of hydrogen-bond donors (Lipinski definition) is 2. The van der Waals surface area contributed by atoms with Crippen molar-refractivity contribution >= 4 is 11.7 Å². The van der Waals surface area contributed by atoms with E-state index in [1.807, 2.05) is 0 Å². The second-order valence-electron chi connectivity index (χ2n) is 3.06. The lowest BCUT2D eigenvalue weighted by atomic mass is 10.1. The summed E-state index contributed by atoms with van der Waals surface area (Å²) in [7, 11) is 0. The minimum atomic E-state index is -1.03. The Hall–Kier alpha value is -2.02. The summed E-state index contributed by atoms with van der Waals surface area (Å²) in [6, 6.07) is 2.68. The number of benzene rings is 1. The van der Waals surface area contributed by atoms with E-state index in [2.05, 4.69) is 11.8 Å². The monoisotopic (exact) mass is 207 g/mol. The van der Waals surface area contributed by atoms with Gasteiger partial charge in [-0.2, -0.15) is 0 Å². The minimum Gasteiger partial charge on any atom is -0.481 e. The van der Waals surface area contributed by atoms with Gasteiger partial charge in [0.15, 0.2) is 0 Å². The Bertz CT molecular complexity index is 458. The Morgan fingerprint density at radius 1 is 1.60 bits per heavy atom. The van der Waals surface area contributed by atoms with Crippen LogP contribution in [0.15, 0.2) is 12.1 Å². The molecular formula is C11H10FNO2. The second-order valence-corrected chi connectivity index (χ2v) is 3.06. The van der Waals surface area contributed by atoms with E-state index in [0.29, 0.717) is 5.69 Å². The summed E-state index contributed by atoms with van der Waals surface area (Å²) in [5.41, 5.74) is 6.73. The normalized spacial score (nSPS) is 9.20. The van der Waals surface area contributed by atoms with Crippen molar-refractivity contribution in [3.8, 4) is 11.8 Å². The molecule has 0 aliphatic heterocycles. The molecule has 0 amide bonds. The maximum Gasteiger partial charge on any atom is 0.315 e. The number of hydrogen-bond acceptors (Lipinski definition) is 2. The highest BCUT2D eigenvalue weighted by Crippen LogP contribution is 2.16. The van der Waals surface area contributed by atoms with E-state index < -0.39 is 11.8 Å². The molecule has 1 aromatic rings. The molecule has 1 rings (SSSR count). The summed E-state index contributed by atoms with van der Waals surface area (Å²) in [5.74, 6) is 3.25. The lowest BCUT2D eigenvalue weighted by Gasteiger charge is -2.01. The summed E-state index contributed by atoms with van der Waals surface area (Å²) in [6.07, 6.45) is -0.303. The van der Waals surface area contributed by atoms with E-state index in [4.69, 9.17) is 10.8 Å². The van der Waals surface area contributed by atoms with Crippen LogP contribution in [0.5, 0.6) is 0 Å². The molecule has 3 N–H and O–H groups in total. The first-order valence-electron chi connectivity index (χ1n) is 4.27. The summed E-state index contributed by atoms with van der Waals surface area (Å²) in [4.78, 5) is 10.2. The number of aryl methyl sites for hydroxylation is 1. The standard InChI is InChI=1S/C11H10FNO2/c1-7-5-8(3-2-4-11(14)15)9(12)6-10(7)13/h5-6H,4,13H2,1H3,(H,14,15). The number of anilines is 1. The van der Waals surface area contributed by atoms with Crippen molar-refractivity contribution < 1.29 is 14.3 Å². The van der Waals surface area contributed by atoms with E-state index in [-0.39, 0.29) is 12.0 Å². The molecule has 0 atom stereocenters. The fourth-order valence-corrected chi connectivity index (χ4v) is 1.01. The van der Waals surface area contributed by atoms with E-state index in [1.54, 1.807) is 6.92 Å². The van der Waals surface area contributed by atoms with Gasteiger partial charge in [-0.25, -0.2) is 4.39 Å². The summed E-state index contributed by atoms with van der Waals surface area (Å²) in [5, 5.41) is 8.34. The number of rotatable bonds is 1. The summed E-state index contributed by atoms with van der Waals surface area (Å²) >= 11 is 0. The van der Waals surface area contributed by atoms with Crippen LogP contribution < -0.4 is 5.73 Å². The van der Waals surface area contributed by atoms with Gasteiger partial charge in [0, 0.05) is 5.69 Å². The molecule has 0 saturated carbocycles. The molecule has 0 aliphatic rings. The number of carboxylic acids is 1. The number of aliphatic carboxylic acids is 1. The van der Waals surface area contributed by atoms with Crippen LogP contribution >= 0.6 is 0 Å². The van der Waals surface area contributed by atoms with Gasteiger partial charge in [0.05, 0.1) is 5.56 Å². The van der Waals surface area contributed by atoms with Crippen molar-refractivity contribution in [1.82, 2.24) is 0 Å². The summed E-state index contributed by atoms with van der Waals surface area (Å²) < 4.78 is 13.2. The van der Waals surface area contributed by atoms with Gasteiger partial charge in [-0.3, -0.25) is 4.79 Å². The minimum absolute atomic E-state index is 0.169. The summed E-state index contributed by atoms with van der Waals surface area (Å²) in [6.45, 7) is 1.73. The SMILES string of the molecule is Cc1cc(C#CCC(=O)O)c(F)cc1N. The highest BCUT2D eigenvalue weighted by atomic mass is 19.1. The maximum absolute atomic E-state index is 13.2. The van der Waals surface area contributed by atoms with Crippen LogP contribution in [0.4, 0.5) is 10.1 Å². The zero-order valence-corrected chi connectivity index (χ0v) is 8.17. The first-order valence-corrected chi connectivity index (χ1v) is 4.27. The van der Waals surface area contributed by atoms with Gasteiger partial charge >= 0.3 is 5.97 Å². The highest BCUT2D eigenvalue weighted by Gasteiger charge is 2.02. The Kier molecular flexibility index (Phi) is 3.29. The van der Waals surface area contributed by atoms with Crippen LogP contribution in [-0.2, 0) is 4.79 Å². The van der Waals surface area contributed by atoms with E-state index in [9.17, 15) is 9.18 Å². The molecule has 0 aliphatic carbocycles. The van der Waals surface area contributed by atoms with Crippen LogP contribution in [0.1, 0.15) is 17.5 Å². The van der Waals surface area contributed by atoms with Crippen molar-refractivity contribution in [2.75, 3.05) is 5.73 Å². The van der Waals surface area contributed by atoms with Crippen molar-refractivity contribution in [2.24, 2.45) is 0 Å². The second kappa shape index (κ2) is 4.47. The van der Waals surface area contributed by atoms with Gasteiger partial charge < -0.3 is 10.8 Å². The average molecular weight is 207 g/mol. The highest BCUT2D eigenvalue weighted by molar-refractivity contribution is 5.70. The molecule has 0 saturated heterocycles. The van der Waals surface area contributed by atoms with E-state index in [0.717, 1.165) is 5.56 Å². The smallest absolute Gasteiger partial charge is 0.315 e. The fraction of sp³-hybridized carbons (Fsp3) is 0.182. The van der Waals surface area contributed by atoms with Gasteiger partial charge in [0.1, 0.15) is 12.2 Å². The number of halogens is 1. The Morgan fingerprint density at radius 3 is 2.87 bits per heavy atom. The number of carbonyl (C=O) groups is 1. The van der Waals surface area contributed by atoms with E-state index >= 15 is 0 Å². The molecule has 3 nitrogen and oxygen atoms in total. The Morgan fingerprint density at radius 2 is 2.27 bits per heavy atom. The Labute approximate surface area is 86.7 Å². The van der Waals surface area contributed by atoms with Crippen molar-refractivity contribution in [3.63, 3.8) is 0 Å². The zero-order valence-electron chi connectivity index (χ0n) is 8.17. The quantitative estimate of drug-likeness (QED) is 0.542. The van der Waals surface area contributed by atoms with Crippen LogP contribution in [0.25, 0.3) is 0 Å². The maximum atomic E-state index is 13.2. The Balaban J connectivity index is 2.98. The van der Waals surface area contributed by atoms with Crippen LogP contribution in [0, 0.1) is 24.6 Å². The third-order valence-corrected chi connectivity index (χ3v) is 1.82. The van der Waals surface area contributed by atoms with Crippen molar-refractivity contribution in [1.29, 1.82) is 0 Å². The first-order chi connectivity index (χ1) is 7.00. The van der Waals surface area contributed by atoms with Gasteiger partial charge in [-0.15, -0.1) is 0 Å². The molecule has 78 valence electrons. The molecule has 0 unspecified atom stereocenters. The van der Waals surface area contributed by atoms with Crippen molar-refractivity contribution in [2.45, 2.75) is 13.3 Å². The zero-order chi connectivity index (χ0) is 11.4. The molecule has 0 bridgehead atoms. The fourth-order valence-electron chi connectivity index (χ4n) is 1.01. The molecule has 0 radical (unpaired) electrons. The number of carboxylic acid groups (broad SMARTS) is 1. The first kappa shape index (κ1) is 11.1. The average Bonchev–Trinajstić information content (AvgIpc) is 2.13. The number of nitrogen functional groups attached to an aromatic ring is 1. The van der Waals surface area contributed by atoms with Crippen LogP contribution in [0.2, 0.25) is 0 Å². The van der Waals surface area contributed by atoms with Gasteiger partial charge in [-0.05, 0) is 24.6 Å². The molecule has 4 heteroatoms. The third-order valence-electron chi connectivity index (χ3n) is 1.82. The van der Waals surface area contributed by atoms with Gasteiger partial charge in [0.2, 0.25) is 0 Å². The molecule has 0 heterocycles. The van der Waals surface area contributed by atoms with Crippen LogP contribution in [-0.4, -0.2) is 11.1 Å². The topological polar surface area (TPSA) is 63.3 Å². The molecule has 0 aromatic heterocycles.